The monoisotopic (exact) mass is 506 g/mol. The van der Waals surface area contributed by atoms with Crippen molar-refractivity contribution in [2.75, 3.05) is 5.32 Å². The highest BCUT2D eigenvalue weighted by atomic mass is 35.5. The molecule has 1 aromatic heterocycles. The Kier molecular flexibility index (Phi) is 7.65. The fourth-order valence-corrected chi connectivity index (χ4v) is 3.56. The van der Waals surface area contributed by atoms with Crippen LogP contribution < -0.4 is 20.9 Å². The summed E-state index contributed by atoms with van der Waals surface area (Å²) in [6.07, 6.45) is 1.28. The van der Waals surface area contributed by atoms with Gasteiger partial charge in [0.2, 0.25) is 0 Å². The van der Waals surface area contributed by atoms with Crippen LogP contribution >= 0.6 is 11.6 Å². The molecule has 0 aliphatic heterocycles. The number of hydrogen-bond acceptors (Lipinski definition) is 5. The van der Waals surface area contributed by atoms with E-state index in [9.17, 15) is 14.0 Å². The highest BCUT2D eigenvalue weighted by Crippen LogP contribution is 2.25. The largest absolute Gasteiger partial charge is 0.487 e. The molecule has 184 valence electrons. The van der Waals surface area contributed by atoms with Gasteiger partial charge in [-0.3, -0.25) is 9.59 Å². The molecule has 0 fully saturated rings. The number of amides is 1. The van der Waals surface area contributed by atoms with Crippen molar-refractivity contribution in [3.8, 4) is 11.4 Å². The summed E-state index contributed by atoms with van der Waals surface area (Å²) in [7, 11) is 0. The number of rotatable bonds is 8. The number of nitrogens with zero attached hydrogens (tertiary/aromatic N) is 2. The molecule has 1 heterocycles. The van der Waals surface area contributed by atoms with Crippen LogP contribution in [0.5, 0.6) is 5.75 Å². The van der Waals surface area contributed by atoms with Crippen LogP contribution in [0.15, 0.2) is 83.8 Å². The van der Waals surface area contributed by atoms with Crippen molar-refractivity contribution in [1.29, 1.82) is 0 Å². The van der Waals surface area contributed by atoms with Crippen LogP contribution in [-0.2, 0) is 6.54 Å². The predicted molar refractivity (Wildman–Crippen MR) is 138 cm³/mol. The van der Waals surface area contributed by atoms with Gasteiger partial charge in [-0.1, -0.05) is 29.8 Å². The molecule has 3 aromatic carbocycles. The third-order valence-corrected chi connectivity index (χ3v) is 5.39. The summed E-state index contributed by atoms with van der Waals surface area (Å²) in [5.41, 5.74) is 1.97. The van der Waals surface area contributed by atoms with E-state index in [1.807, 2.05) is 13.8 Å². The Morgan fingerprint density at radius 1 is 1.08 bits per heavy atom. The minimum atomic E-state index is -0.429. The van der Waals surface area contributed by atoms with E-state index in [0.29, 0.717) is 22.0 Å². The lowest BCUT2D eigenvalue weighted by Gasteiger charge is -2.17. The zero-order chi connectivity index (χ0) is 25.7. The van der Waals surface area contributed by atoms with E-state index >= 15 is 0 Å². The van der Waals surface area contributed by atoms with Gasteiger partial charge in [0.15, 0.2) is 11.4 Å². The van der Waals surface area contributed by atoms with Crippen LogP contribution in [0, 0.1) is 5.82 Å². The second-order valence-electron chi connectivity index (χ2n) is 8.26. The van der Waals surface area contributed by atoms with Crippen molar-refractivity contribution in [1.82, 2.24) is 15.1 Å². The quantitative estimate of drug-likeness (QED) is 0.330. The summed E-state index contributed by atoms with van der Waals surface area (Å²) in [5, 5.41) is 10.7. The number of aromatic nitrogens is 2. The molecule has 0 unspecified atom stereocenters. The summed E-state index contributed by atoms with van der Waals surface area (Å²) in [6, 6.07) is 19.4. The second-order valence-corrected chi connectivity index (χ2v) is 8.70. The zero-order valence-corrected chi connectivity index (χ0v) is 20.4. The lowest BCUT2D eigenvalue weighted by molar-refractivity contribution is 0.0951. The Bertz CT molecular complexity index is 1420. The van der Waals surface area contributed by atoms with Gasteiger partial charge in [-0.15, -0.1) is 0 Å². The lowest BCUT2D eigenvalue weighted by Crippen LogP contribution is -2.25. The van der Waals surface area contributed by atoms with E-state index in [-0.39, 0.29) is 35.8 Å². The predicted octanol–water partition coefficient (Wildman–Crippen LogP) is 5.49. The molecule has 0 spiro atoms. The molecule has 4 rings (SSSR count). The molecule has 1 amide bonds. The van der Waals surface area contributed by atoms with Crippen molar-refractivity contribution in [3.05, 3.63) is 111 Å². The molecule has 9 heteroatoms. The van der Waals surface area contributed by atoms with Crippen LogP contribution in [-0.4, -0.2) is 21.8 Å². The van der Waals surface area contributed by atoms with Gasteiger partial charge in [0.1, 0.15) is 5.82 Å². The van der Waals surface area contributed by atoms with Gasteiger partial charge < -0.3 is 15.4 Å². The molecule has 0 atom stereocenters. The number of nitrogens with one attached hydrogen (secondary N) is 2. The van der Waals surface area contributed by atoms with Gasteiger partial charge in [0.05, 0.1) is 18.0 Å². The SMILES string of the molecule is CC(C)Oc1cnn(-c2ccc(Cl)cc2)c(=O)c1Nc1cccc(C(=O)NCc2ccc(F)cc2)c1. The maximum absolute atomic E-state index is 13.4. The van der Waals surface area contributed by atoms with Crippen LogP contribution in [0.4, 0.5) is 15.8 Å². The Morgan fingerprint density at radius 3 is 2.50 bits per heavy atom. The third kappa shape index (κ3) is 6.09. The van der Waals surface area contributed by atoms with Gasteiger partial charge in [-0.25, -0.2) is 4.39 Å². The first-order chi connectivity index (χ1) is 17.3. The fraction of sp³-hybridized carbons (Fsp3) is 0.148. The highest BCUT2D eigenvalue weighted by molar-refractivity contribution is 6.30. The van der Waals surface area contributed by atoms with E-state index in [1.54, 1.807) is 60.7 Å². The molecule has 0 aliphatic carbocycles. The number of carbonyl (C=O) groups excluding carboxylic acids is 1. The Morgan fingerprint density at radius 2 is 1.81 bits per heavy atom. The molecule has 36 heavy (non-hydrogen) atoms. The minimum Gasteiger partial charge on any atom is -0.487 e. The minimum absolute atomic E-state index is 0.178. The summed E-state index contributed by atoms with van der Waals surface area (Å²) in [6.45, 7) is 3.94. The molecule has 7 nitrogen and oxygen atoms in total. The summed E-state index contributed by atoms with van der Waals surface area (Å²) in [4.78, 5) is 26.1. The topological polar surface area (TPSA) is 85.2 Å². The van der Waals surface area contributed by atoms with Gasteiger partial charge in [-0.05, 0) is 74.0 Å². The average molecular weight is 507 g/mol. The molecule has 4 aromatic rings. The van der Waals surface area contributed by atoms with E-state index < -0.39 is 5.56 Å². The van der Waals surface area contributed by atoms with E-state index in [1.165, 1.54) is 23.0 Å². The second kappa shape index (κ2) is 11.0. The first kappa shape index (κ1) is 24.9. The van der Waals surface area contributed by atoms with E-state index in [0.717, 1.165) is 5.56 Å². The molecule has 0 saturated carbocycles. The average Bonchev–Trinajstić information content (AvgIpc) is 2.86. The summed E-state index contributed by atoms with van der Waals surface area (Å²) < 4.78 is 20.2. The molecule has 2 N–H and O–H groups in total. The Hall–Kier alpha value is -4.17. The van der Waals surface area contributed by atoms with Gasteiger partial charge in [0, 0.05) is 22.8 Å². The fourth-order valence-electron chi connectivity index (χ4n) is 3.43. The van der Waals surface area contributed by atoms with Crippen LogP contribution in [0.1, 0.15) is 29.8 Å². The number of carbonyl (C=O) groups is 1. The van der Waals surface area contributed by atoms with Crippen molar-refractivity contribution in [3.63, 3.8) is 0 Å². The first-order valence-electron chi connectivity index (χ1n) is 11.2. The van der Waals surface area contributed by atoms with Gasteiger partial charge in [-0.2, -0.15) is 9.78 Å². The van der Waals surface area contributed by atoms with Gasteiger partial charge >= 0.3 is 0 Å². The number of anilines is 2. The standard InChI is InChI=1S/C27H24ClFN4O3/c1-17(2)36-24-16-31-33(23-12-8-20(28)9-13-23)27(35)25(24)32-22-5-3-4-19(14-22)26(34)30-15-18-6-10-21(29)11-7-18/h3-14,16-17,32H,15H2,1-2H3,(H,30,34). The molecular formula is C27H24ClFN4O3. The molecule has 0 radical (unpaired) electrons. The van der Waals surface area contributed by atoms with E-state index in [4.69, 9.17) is 16.3 Å². The van der Waals surface area contributed by atoms with Crippen LogP contribution in [0.25, 0.3) is 5.69 Å². The number of benzene rings is 3. The third-order valence-electron chi connectivity index (χ3n) is 5.14. The Balaban J connectivity index is 1.60. The van der Waals surface area contributed by atoms with Crippen molar-refractivity contribution < 1.29 is 13.9 Å². The summed E-state index contributed by atoms with van der Waals surface area (Å²) >= 11 is 5.98. The zero-order valence-electron chi connectivity index (χ0n) is 19.7. The highest BCUT2D eigenvalue weighted by Gasteiger charge is 2.16. The Labute approximate surface area is 212 Å². The van der Waals surface area contributed by atoms with Crippen molar-refractivity contribution in [2.24, 2.45) is 0 Å². The molecule has 0 aliphatic rings. The smallest absolute Gasteiger partial charge is 0.299 e. The maximum atomic E-state index is 13.4. The van der Waals surface area contributed by atoms with Crippen LogP contribution in [0.2, 0.25) is 5.02 Å². The van der Waals surface area contributed by atoms with Gasteiger partial charge in [0.25, 0.3) is 11.5 Å². The first-order valence-corrected chi connectivity index (χ1v) is 11.6. The summed E-state index contributed by atoms with van der Waals surface area (Å²) in [5.74, 6) is -0.364. The van der Waals surface area contributed by atoms with Crippen molar-refractivity contribution in [2.45, 2.75) is 26.5 Å². The number of halogens is 2. The molecule has 0 saturated heterocycles. The maximum Gasteiger partial charge on any atom is 0.299 e. The van der Waals surface area contributed by atoms with Crippen LogP contribution in [0.3, 0.4) is 0 Å². The normalized spacial score (nSPS) is 10.8. The molecular weight excluding hydrogens is 483 g/mol. The van der Waals surface area contributed by atoms with Crippen molar-refractivity contribution >= 4 is 28.9 Å². The molecule has 0 bridgehead atoms. The number of ether oxygens (including phenoxy) is 1. The van der Waals surface area contributed by atoms with E-state index in [2.05, 4.69) is 15.7 Å². The number of hydrogen-bond donors (Lipinski definition) is 2. The lowest BCUT2D eigenvalue weighted by atomic mass is 10.1.